The fourth-order valence-electron chi connectivity index (χ4n) is 4.79. The number of carbonyl (C=O) groups is 1. The Balaban J connectivity index is 1.39. The number of nitriles is 2. The second kappa shape index (κ2) is 10.6. The minimum Gasteiger partial charge on any atom is -0.333 e. The number of nitrogens with one attached hydrogen (secondary N) is 1. The zero-order chi connectivity index (χ0) is 26.6. The summed E-state index contributed by atoms with van der Waals surface area (Å²) in [5, 5.41) is 22.2. The smallest absolute Gasteiger partial charge is 0.326 e. The van der Waals surface area contributed by atoms with Crippen molar-refractivity contribution in [1.82, 2.24) is 19.8 Å². The summed E-state index contributed by atoms with van der Waals surface area (Å²) in [4.78, 5) is 19.0. The Morgan fingerprint density at radius 3 is 2.71 bits per heavy atom. The van der Waals surface area contributed by atoms with Gasteiger partial charge in [0.15, 0.2) is 0 Å². The van der Waals surface area contributed by atoms with E-state index in [0.29, 0.717) is 48.3 Å². The molecule has 9 heteroatoms. The van der Waals surface area contributed by atoms with Crippen LogP contribution in [0, 0.1) is 34.4 Å². The van der Waals surface area contributed by atoms with Gasteiger partial charge in [0.2, 0.25) is 5.95 Å². The summed E-state index contributed by atoms with van der Waals surface area (Å²) in [6, 6.07) is 16.2. The number of halogens is 2. The van der Waals surface area contributed by atoms with Gasteiger partial charge >= 0.3 is 6.03 Å². The van der Waals surface area contributed by atoms with Gasteiger partial charge in [0, 0.05) is 49.9 Å². The number of rotatable bonds is 5. The van der Waals surface area contributed by atoms with Crippen LogP contribution in [0.4, 0.5) is 13.6 Å². The molecular weight excluding hydrogens is 486 g/mol. The molecule has 0 aliphatic carbocycles. The molecule has 2 aromatic carbocycles. The molecule has 0 saturated heterocycles. The molecule has 0 unspecified atom stereocenters. The molecule has 0 bridgehead atoms. The summed E-state index contributed by atoms with van der Waals surface area (Å²) in [6.45, 7) is 1.98. The molecule has 1 aliphatic heterocycles. The summed E-state index contributed by atoms with van der Waals surface area (Å²) in [5.74, 6) is -1.07. The van der Waals surface area contributed by atoms with Gasteiger partial charge in [-0.15, -0.1) is 0 Å². The van der Waals surface area contributed by atoms with E-state index >= 15 is 0 Å². The van der Waals surface area contributed by atoms with Crippen LogP contribution in [0.2, 0.25) is 0 Å². The lowest BCUT2D eigenvalue weighted by atomic mass is 10.0. The molecule has 0 fully saturated rings. The highest BCUT2D eigenvalue weighted by molar-refractivity contribution is 5.96. The molecule has 0 atom stereocenters. The summed E-state index contributed by atoms with van der Waals surface area (Å²) in [6.07, 6.45) is 5.66. The SMILES string of the molecule is N#Cc1cc(F)cc(/C=C/CN2CCc3c(c4cc(C#N)ccc4n3C(=O)NCc3ccnc(F)c3)C2)c1. The van der Waals surface area contributed by atoms with Gasteiger partial charge in [0.25, 0.3) is 0 Å². The molecule has 188 valence electrons. The number of nitrogens with zero attached hydrogens (tertiary/aromatic N) is 5. The molecule has 1 aliphatic rings. The lowest BCUT2D eigenvalue weighted by molar-refractivity contribution is 0.240. The molecule has 38 heavy (non-hydrogen) atoms. The van der Waals surface area contributed by atoms with E-state index in [1.807, 2.05) is 12.1 Å². The van der Waals surface area contributed by atoms with Crippen LogP contribution in [0.3, 0.4) is 0 Å². The topological polar surface area (TPSA) is 97.7 Å². The van der Waals surface area contributed by atoms with Crippen LogP contribution in [0.15, 0.2) is 60.8 Å². The van der Waals surface area contributed by atoms with Gasteiger partial charge in [-0.3, -0.25) is 9.47 Å². The maximum Gasteiger partial charge on any atom is 0.326 e. The largest absolute Gasteiger partial charge is 0.333 e. The van der Waals surface area contributed by atoms with Crippen molar-refractivity contribution in [3.63, 3.8) is 0 Å². The average molecular weight is 509 g/mol. The van der Waals surface area contributed by atoms with Crippen molar-refractivity contribution in [2.45, 2.75) is 19.5 Å². The lowest BCUT2D eigenvalue weighted by Gasteiger charge is -2.27. The van der Waals surface area contributed by atoms with Gasteiger partial charge in [-0.2, -0.15) is 14.9 Å². The van der Waals surface area contributed by atoms with Crippen LogP contribution in [0.25, 0.3) is 17.0 Å². The van der Waals surface area contributed by atoms with E-state index in [-0.39, 0.29) is 18.1 Å². The van der Waals surface area contributed by atoms with Gasteiger partial charge in [-0.25, -0.2) is 14.2 Å². The molecule has 4 aromatic rings. The Morgan fingerprint density at radius 2 is 1.92 bits per heavy atom. The summed E-state index contributed by atoms with van der Waals surface area (Å²) >= 11 is 0. The Morgan fingerprint density at radius 1 is 1.08 bits per heavy atom. The lowest BCUT2D eigenvalue weighted by Crippen LogP contribution is -2.34. The average Bonchev–Trinajstić information content (AvgIpc) is 3.24. The Labute approximate surface area is 217 Å². The monoisotopic (exact) mass is 508 g/mol. The fourth-order valence-corrected chi connectivity index (χ4v) is 4.79. The van der Waals surface area contributed by atoms with Crippen LogP contribution in [-0.4, -0.2) is 33.6 Å². The summed E-state index contributed by atoms with van der Waals surface area (Å²) < 4.78 is 28.8. The first-order valence-corrected chi connectivity index (χ1v) is 12.0. The van der Waals surface area contributed by atoms with Crippen molar-refractivity contribution in [2.75, 3.05) is 13.1 Å². The number of benzene rings is 2. The number of amides is 1. The van der Waals surface area contributed by atoms with E-state index in [4.69, 9.17) is 5.26 Å². The molecule has 5 rings (SSSR count). The Bertz CT molecular complexity index is 1660. The number of aromatic nitrogens is 2. The second-order valence-corrected chi connectivity index (χ2v) is 9.02. The second-order valence-electron chi connectivity index (χ2n) is 9.02. The Kier molecular flexibility index (Phi) is 6.94. The molecule has 0 radical (unpaired) electrons. The zero-order valence-corrected chi connectivity index (χ0v) is 20.3. The van der Waals surface area contributed by atoms with E-state index in [2.05, 4.69) is 21.3 Å². The molecular formula is C29H22F2N6O. The van der Waals surface area contributed by atoms with E-state index in [0.717, 1.165) is 16.6 Å². The predicted octanol–water partition coefficient (Wildman–Crippen LogP) is 4.89. The standard InChI is InChI=1S/C29H22F2N6O/c30-23-11-19(10-22(12-23)16-33)2-1-8-36-9-6-27-25(18-36)24-13-20(15-32)3-4-26(24)37(27)29(38)35-17-21-5-7-34-28(31)14-21/h1-5,7,10-14H,6,8-9,17-18H2,(H,35,38)/b2-1+. The minimum absolute atomic E-state index is 0.146. The fraction of sp³-hybridized carbons (Fsp3) is 0.172. The van der Waals surface area contributed by atoms with E-state index in [9.17, 15) is 18.8 Å². The van der Waals surface area contributed by atoms with Crippen LogP contribution in [-0.2, 0) is 19.5 Å². The number of fused-ring (bicyclic) bond motifs is 3. The van der Waals surface area contributed by atoms with Crippen molar-refractivity contribution in [3.05, 3.63) is 106 Å². The molecule has 0 spiro atoms. The molecule has 7 nitrogen and oxygen atoms in total. The maximum atomic E-state index is 13.7. The number of hydrogen-bond acceptors (Lipinski definition) is 5. The highest BCUT2D eigenvalue weighted by Crippen LogP contribution is 2.31. The van der Waals surface area contributed by atoms with E-state index < -0.39 is 11.8 Å². The summed E-state index contributed by atoms with van der Waals surface area (Å²) in [5.41, 5.74) is 4.52. The maximum absolute atomic E-state index is 13.7. The predicted molar refractivity (Wildman–Crippen MR) is 138 cm³/mol. The van der Waals surface area contributed by atoms with Crippen LogP contribution in [0.5, 0.6) is 0 Å². The van der Waals surface area contributed by atoms with Crippen molar-refractivity contribution < 1.29 is 13.6 Å². The highest BCUT2D eigenvalue weighted by atomic mass is 19.1. The van der Waals surface area contributed by atoms with Gasteiger partial charge < -0.3 is 5.32 Å². The van der Waals surface area contributed by atoms with E-state index in [1.54, 1.807) is 41.0 Å². The molecule has 2 aromatic heterocycles. The van der Waals surface area contributed by atoms with Crippen LogP contribution < -0.4 is 5.32 Å². The first-order valence-electron chi connectivity index (χ1n) is 12.0. The molecule has 1 N–H and O–H groups in total. The van der Waals surface area contributed by atoms with Crippen molar-refractivity contribution >= 4 is 23.0 Å². The quantitative estimate of drug-likeness (QED) is 0.387. The number of hydrogen-bond donors (Lipinski definition) is 1. The minimum atomic E-state index is -0.610. The van der Waals surface area contributed by atoms with E-state index in [1.165, 1.54) is 24.4 Å². The zero-order valence-electron chi connectivity index (χ0n) is 20.3. The third kappa shape index (κ3) is 5.15. The molecule has 3 heterocycles. The van der Waals surface area contributed by atoms with Gasteiger partial charge in [-0.05, 0) is 65.2 Å². The number of pyridine rings is 1. The van der Waals surface area contributed by atoms with Gasteiger partial charge in [-0.1, -0.05) is 12.2 Å². The van der Waals surface area contributed by atoms with Crippen molar-refractivity contribution in [2.24, 2.45) is 0 Å². The summed E-state index contributed by atoms with van der Waals surface area (Å²) in [7, 11) is 0. The first kappa shape index (κ1) is 24.8. The Hall–Kier alpha value is -4.86. The molecule has 1 amide bonds. The van der Waals surface area contributed by atoms with Crippen molar-refractivity contribution in [1.29, 1.82) is 10.5 Å². The van der Waals surface area contributed by atoms with Crippen LogP contribution in [0.1, 0.15) is 33.5 Å². The first-order chi connectivity index (χ1) is 18.4. The molecule has 0 saturated carbocycles. The third-order valence-electron chi connectivity index (χ3n) is 6.52. The number of carbonyl (C=O) groups excluding carboxylic acids is 1. The van der Waals surface area contributed by atoms with Gasteiger partial charge in [0.1, 0.15) is 5.82 Å². The van der Waals surface area contributed by atoms with Crippen LogP contribution >= 0.6 is 0 Å². The normalized spacial score (nSPS) is 13.3. The van der Waals surface area contributed by atoms with Gasteiger partial charge in [0.05, 0.1) is 28.8 Å². The third-order valence-corrected chi connectivity index (χ3v) is 6.52. The highest BCUT2D eigenvalue weighted by Gasteiger charge is 2.26. The van der Waals surface area contributed by atoms with Crippen molar-refractivity contribution in [3.8, 4) is 12.1 Å².